The number of hydrogen-bond donors (Lipinski definition) is 1. The molecule has 166 valence electrons. The number of rotatable bonds is 5. The summed E-state index contributed by atoms with van der Waals surface area (Å²) in [7, 11) is 1.66. The second kappa shape index (κ2) is 9.86. The van der Waals surface area contributed by atoms with Crippen molar-refractivity contribution in [2.45, 2.75) is 57.9 Å². The lowest BCUT2D eigenvalue weighted by molar-refractivity contribution is -0.137. The van der Waals surface area contributed by atoms with Gasteiger partial charge in [-0.3, -0.25) is 9.59 Å². The number of carbonyl (C=O) groups is 2. The number of hydrogen-bond acceptors (Lipinski definition) is 4. The van der Waals surface area contributed by atoms with E-state index in [2.05, 4.69) is 12.2 Å². The Morgan fingerprint density at radius 2 is 1.71 bits per heavy atom. The van der Waals surface area contributed by atoms with E-state index in [0.29, 0.717) is 5.91 Å². The summed E-state index contributed by atoms with van der Waals surface area (Å²) in [6.45, 7) is 3.55. The molecular weight excluding hydrogens is 408 g/mol. The van der Waals surface area contributed by atoms with Gasteiger partial charge in [0.25, 0.3) is 5.91 Å². The number of nitrogens with one attached hydrogen (secondary N) is 1. The fraction of sp³-hybridized carbons (Fsp3) is 0.520. The second-order valence-corrected chi connectivity index (χ2v) is 9.97. The number of piperidine rings is 1. The predicted octanol–water partition coefficient (Wildman–Crippen LogP) is 5.03. The van der Waals surface area contributed by atoms with Gasteiger partial charge in [0.1, 0.15) is 5.75 Å². The number of methoxy groups -OCH3 is 1. The van der Waals surface area contributed by atoms with Crippen molar-refractivity contribution in [3.63, 3.8) is 0 Å². The molecule has 1 aliphatic heterocycles. The van der Waals surface area contributed by atoms with Crippen LogP contribution in [-0.4, -0.2) is 43.0 Å². The van der Waals surface area contributed by atoms with Crippen LogP contribution in [0.25, 0.3) is 11.1 Å². The van der Waals surface area contributed by atoms with Crippen LogP contribution in [0.3, 0.4) is 0 Å². The number of ether oxygens (including phenoxy) is 1. The number of amides is 2. The molecular formula is C25H32N2O3S. The Labute approximate surface area is 188 Å². The molecule has 4 rings (SSSR count). The zero-order chi connectivity index (χ0) is 21.8. The minimum atomic E-state index is -0.00933. The number of likely N-dealkylation sites (tertiary alicyclic amines) is 1. The summed E-state index contributed by atoms with van der Waals surface area (Å²) in [6.07, 6.45) is 7.39. The maximum atomic E-state index is 12.9. The van der Waals surface area contributed by atoms with Crippen molar-refractivity contribution < 1.29 is 14.3 Å². The van der Waals surface area contributed by atoms with Gasteiger partial charge in [-0.1, -0.05) is 31.4 Å². The van der Waals surface area contributed by atoms with Gasteiger partial charge in [0.05, 0.1) is 12.0 Å². The Hall–Kier alpha value is -2.34. The molecule has 1 saturated carbocycles. The first-order chi connectivity index (χ1) is 15.0. The van der Waals surface area contributed by atoms with Crippen molar-refractivity contribution in [3.8, 4) is 16.9 Å². The van der Waals surface area contributed by atoms with E-state index in [1.54, 1.807) is 7.11 Å². The number of carbonyl (C=O) groups excluding carboxylic acids is 2. The van der Waals surface area contributed by atoms with Crippen molar-refractivity contribution in [3.05, 3.63) is 40.1 Å². The van der Waals surface area contributed by atoms with E-state index in [0.717, 1.165) is 65.4 Å². The molecule has 1 aromatic carbocycles. The summed E-state index contributed by atoms with van der Waals surface area (Å²) < 4.78 is 5.23. The SMILES string of the molecule is COc1ccc(-c2cc(C(=O)NC3CCN(C(=O)C4CCCCC4)CC3)sc2C)cc1. The maximum Gasteiger partial charge on any atom is 0.261 e. The van der Waals surface area contributed by atoms with Gasteiger partial charge >= 0.3 is 0 Å². The fourth-order valence-electron chi connectivity index (χ4n) is 4.76. The van der Waals surface area contributed by atoms with E-state index < -0.39 is 0 Å². The number of thiophene rings is 1. The quantitative estimate of drug-likeness (QED) is 0.709. The minimum Gasteiger partial charge on any atom is -0.497 e. The van der Waals surface area contributed by atoms with E-state index in [9.17, 15) is 9.59 Å². The van der Waals surface area contributed by atoms with Crippen molar-refractivity contribution >= 4 is 23.2 Å². The van der Waals surface area contributed by atoms with Crippen LogP contribution in [-0.2, 0) is 4.79 Å². The molecule has 2 fully saturated rings. The van der Waals surface area contributed by atoms with Crippen molar-refractivity contribution in [2.24, 2.45) is 5.92 Å². The van der Waals surface area contributed by atoms with Crippen LogP contribution in [0, 0.1) is 12.8 Å². The molecule has 0 atom stereocenters. The Morgan fingerprint density at radius 3 is 2.35 bits per heavy atom. The standard InChI is InChI=1S/C25H32N2O3S/c1-17-22(18-8-10-21(30-2)11-9-18)16-23(31-17)24(28)26-20-12-14-27(15-13-20)25(29)19-6-4-3-5-7-19/h8-11,16,19-20H,3-7,12-15H2,1-2H3,(H,26,28). The highest BCUT2D eigenvalue weighted by molar-refractivity contribution is 7.14. The summed E-state index contributed by atoms with van der Waals surface area (Å²) in [5.41, 5.74) is 2.17. The highest BCUT2D eigenvalue weighted by Crippen LogP contribution is 2.32. The molecule has 2 heterocycles. The summed E-state index contributed by atoms with van der Waals surface area (Å²) in [6, 6.07) is 10.0. The fourth-order valence-corrected chi connectivity index (χ4v) is 5.70. The van der Waals surface area contributed by atoms with E-state index in [1.807, 2.05) is 35.2 Å². The normalized spacial score (nSPS) is 18.1. The lowest BCUT2D eigenvalue weighted by Gasteiger charge is -2.35. The van der Waals surface area contributed by atoms with Gasteiger partial charge < -0.3 is 15.0 Å². The van der Waals surface area contributed by atoms with E-state index >= 15 is 0 Å². The molecule has 5 nitrogen and oxygen atoms in total. The molecule has 1 saturated heterocycles. The first kappa shape index (κ1) is 21.9. The van der Waals surface area contributed by atoms with Gasteiger partial charge in [-0.15, -0.1) is 11.3 Å². The zero-order valence-corrected chi connectivity index (χ0v) is 19.3. The van der Waals surface area contributed by atoms with Gasteiger partial charge in [-0.2, -0.15) is 0 Å². The molecule has 1 N–H and O–H groups in total. The molecule has 2 aliphatic rings. The van der Waals surface area contributed by atoms with E-state index in [-0.39, 0.29) is 17.9 Å². The lowest BCUT2D eigenvalue weighted by Crippen LogP contribution is -2.48. The molecule has 0 unspecified atom stereocenters. The molecule has 0 radical (unpaired) electrons. The molecule has 2 aromatic rings. The Balaban J connectivity index is 1.32. The van der Waals surface area contributed by atoms with Gasteiger partial charge in [0.2, 0.25) is 5.91 Å². The van der Waals surface area contributed by atoms with E-state index in [4.69, 9.17) is 4.74 Å². The monoisotopic (exact) mass is 440 g/mol. The molecule has 0 bridgehead atoms. The topological polar surface area (TPSA) is 58.6 Å². The van der Waals surface area contributed by atoms with Crippen LogP contribution >= 0.6 is 11.3 Å². The molecule has 31 heavy (non-hydrogen) atoms. The van der Waals surface area contributed by atoms with Gasteiger partial charge in [-0.25, -0.2) is 0 Å². The third-order valence-electron chi connectivity index (χ3n) is 6.64. The highest BCUT2D eigenvalue weighted by atomic mass is 32.1. The Kier molecular flexibility index (Phi) is 6.96. The summed E-state index contributed by atoms with van der Waals surface area (Å²) >= 11 is 1.53. The van der Waals surface area contributed by atoms with Gasteiger partial charge in [0.15, 0.2) is 0 Å². The number of aryl methyl sites for hydroxylation is 1. The van der Waals surface area contributed by atoms with Gasteiger partial charge in [0, 0.05) is 29.9 Å². The van der Waals surface area contributed by atoms with Crippen molar-refractivity contribution in [1.29, 1.82) is 0 Å². The molecule has 1 aromatic heterocycles. The third kappa shape index (κ3) is 5.12. The van der Waals surface area contributed by atoms with Crippen LogP contribution in [0.4, 0.5) is 0 Å². The summed E-state index contributed by atoms with van der Waals surface area (Å²) in [4.78, 5) is 29.5. The van der Waals surface area contributed by atoms with Crippen molar-refractivity contribution in [1.82, 2.24) is 10.2 Å². The lowest BCUT2D eigenvalue weighted by atomic mass is 9.87. The van der Waals surface area contributed by atoms with Crippen LogP contribution < -0.4 is 10.1 Å². The highest BCUT2D eigenvalue weighted by Gasteiger charge is 2.29. The van der Waals surface area contributed by atoms with Crippen LogP contribution in [0.15, 0.2) is 30.3 Å². The predicted molar refractivity (Wildman–Crippen MR) is 125 cm³/mol. The molecule has 6 heteroatoms. The Bertz CT molecular complexity index is 907. The third-order valence-corrected chi connectivity index (χ3v) is 7.69. The zero-order valence-electron chi connectivity index (χ0n) is 18.5. The van der Waals surface area contributed by atoms with Crippen LogP contribution in [0.2, 0.25) is 0 Å². The first-order valence-electron chi connectivity index (χ1n) is 11.4. The largest absolute Gasteiger partial charge is 0.497 e. The van der Waals surface area contributed by atoms with Crippen LogP contribution in [0.5, 0.6) is 5.75 Å². The number of nitrogens with zero attached hydrogens (tertiary/aromatic N) is 1. The van der Waals surface area contributed by atoms with Crippen molar-refractivity contribution in [2.75, 3.05) is 20.2 Å². The molecule has 1 aliphatic carbocycles. The first-order valence-corrected chi connectivity index (χ1v) is 12.2. The smallest absolute Gasteiger partial charge is 0.261 e. The van der Waals surface area contributed by atoms with Crippen LogP contribution in [0.1, 0.15) is 59.5 Å². The minimum absolute atomic E-state index is 0.00933. The second-order valence-electron chi connectivity index (χ2n) is 8.72. The maximum absolute atomic E-state index is 12.9. The average molecular weight is 441 g/mol. The van der Waals surface area contributed by atoms with E-state index in [1.165, 1.54) is 30.6 Å². The average Bonchev–Trinajstić information content (AvgIpc) is 3.21. The Morgan fingerprint density at radius 1 is 1.03 bits per heavy atom. The molecule has 0 spiro atoms. The number of benzene rings is 1. The summed E-state index contributed by atoms with van der Waals surface area (Å²) in [5, 5.41) is 3.20. The summed E-state index contributed by atoms with van der Waals surface area (Å²) in [5.74, 6) is 1.38. The van der Waals surface area contributed by atoms with Gasteiger partial charge in [-0.05, 0) is 61.9 Å². The molecule has 2 amide bonds.